The lowest BCUT2D eigenvalue weighted by Gasteiger charge is -2.55. The molecule has 0 radical (unpaired) electrons. The van der Waals surface area contributed by atoms with E-state index < -0.39 is 51.5 Å². The van der Waals surface area contributed by atoms with Crippen molar-refractivity contribution in [2.45, 2.75) is 150 Å². The summed E-state index contributed by atoms with van der Waals surface area (Å²) in [5.74, 6) is -0.620. The Morgan fingerprint density at radius 2 is 1.49 bits per heavy atom. The van der Waals surface area contributed by atoms with E-state index in [2.05, 4.69) is 37.5 Å². The Bertz CT molecular complexity index is 1130. The molecule has 0 aromatic rings. The first-order valence-corrected chi connectivity index (χ1v) is 19.9. The van der Waals surface area contributed by atoms with E-state index in [9.17, 15) is 27.9 Å². The number of likely N-dealkylation sites (tertiary alicyclic amines) is 1. The molecule has 3 heterocycles. The molecule has 3 saturated heterocycles. The quantitative estimate of drug-likeness (QED) is 0.116. The summed E-state index contributed by atoms with van der Waals surface area (Å²) >= 11 is 0. The topological polar surface area (TPSA) is 169 Å². The van der Waals surface area contributed by atoms with E-state index in [0.717, 1.165) is 11.3 Å². The van der Waals surface area contributed by atoms with Crippen LogP contribution >= 0.6 is 0 Å². The summed E-state index contributed by atoms with van der Waals surface area (Å²) < 4.78 is 36.6. The molecule has 0 aliphatic carbocycles. The zero-order valence-corrected chi connectivity index (χ0v) is 32.0. The van der Waals surface area contributed by atoms with Gasteiger partial charge in [0.25, 0.3) is 5.91 Å². The summed E-state index contributed by atoms with van der Waals surface area (Å²) in [7, 11) is -4.88. The minimum absolute atomic E-state index is 0.0524. The standard InChI is InChI=1S/C18H30N4O9S.C16H36N/c1-17(2,3)18(8-4-5-9-21(18)16(25)26)11-30-19-14(23)13-7-6-12-10-20(13)15(24)22(12)31-32(27,28)29;1-5-9-13-17(14-10-6-2,15-11-7-3)16-12-8-4/h12-13H,4-11H2,1-3H3,(H,19,23)(H,25,26)(H,27,28,29);5-16H2,1-4H3/q;+1/p-1/t12-,13+,18?;/m1./s1. The Morgan fingerprint density at radius 3 is 1.94 bits per heavy atom. The number of unbranched alkanes of at least 4 members (excludes halogenated alkanes) is 4. The van der Waals surface area contributed by atoms with Gasteiger partial charge in [0, 0.05) is 13.1 Å². The number of piperidine rings is 2. The highest BCUT2D eigenvalue weighted by molar-refractivity contribution is 7.80. The normalized spacial score (nSPS) is 22.9. The number of quaternary nitrogens is 1. The molecule has 3 fully saturated rings. The molecule has 0 aromatic heterocycles. The van der Waals surface area contributed by atoms with Crippen LogP contribution in [0.15, 0.2) is 0 Å². The van der Waals surface area contributed by atoms with Crippen molar-refractivity contribution in [2.24, 2.45) is 5.41 Å². The van der Waals surface area contributed by atoms with Gasteiger partial charge in [0.2, 0.25) is 0 Å². The summed E-state index contributed by atoms with van der Waals surface area (Å²) in [4.78, 5) is 44.9. The number of rotatable bonds is 18. The third-order valence-electron chi connectivity index (χ3n) is 10.6. The van der Waals surface area contributed by atoms with Crippen LogP contribution in [-0.2, 0) is 24.3 Å². The van der Waals surface area contributed by atoms with Gasteiger partial charge in [0.05, 0.1) is 44.4 Å². The number of hydrogen-bond donors (Lipinski definition) is 2. The van der Waals surface area contributed by atoms with Crippen LogP contribution in [0.4, 0.5) is 9.59 Å². The van der Waals surface area contributed by atoms with Crippen LogP contribution in [0.2, 0.25) is 0 Å². The highest BCUT2D eigenvalue weighted by Crippen LogP contribution is 2.42. The summed E-state index contributed by atoms with van der Waals surface area (Å²) in [5.41, 5.74) is 0.913. The Labute approximate surface area is 295 Å². The molecule has 2 bridgehead atoms. The fourth-order valence-electron chi connectivity index (χ4n) is 7.49. The number of nitrogens with one attached hydrogen (secondary N) is 1. The second-order valence-corrected chi connectivity index (χ2v) is 16.1. The Morgan fingerprint density at radius 1 is 0.959 bits per heavy atom. The van der Waals surface area contributed by atoms with Gasteiger partial charge in [-0.3, -0.25) is 14.2 Å². The average Bonchev–Trinajstić information content (AvgIpc) is 3.27. The second kappa shape index (κ2) is 19.4. The first-order valence-electron chi connectivity index (χ1n) is 18.5. The summed E-state index contributed by atoms with van der Waals surface area (Å²) in [6, 6.07) is -2.40. The van der Waals surface area contributed by atoms with E-state index in [1.807, 2.05) is 20.8 Å². The van der Waals surface area contributed by atoms with E-state index >= 15 is 0 Å². The number of fused-ring (bicyclic) bond motifs is 2. The Hall–Kier alpha value is -2.20. The maximum atomic E-state index is 12.7. The molecule has 14 nitrogen and oxygen atoms in total. The van der Waals surface area contributed by atoms with E-state index in [-0.39, 0.29) is 26.0 Å². The number of carbonyl (C=O) groups is 3. The van der Waals surface area contributed by atoms with E-state index in [1.54, 1.807) is 0 Å². The third kappa shape index (κ3) is 11.9. The van der Waals surface area contributed by atoms with Crippen molar-refractivity contribution in [2.75, 3.05) is 45.9 Å². The van der Waals surface area contributed by atoms with Crippen LogP contribution in [0.1, 0.15) is 132 Å². The monoisotopic (exact) mass is 719 g/mol. The summed E-state index contributed by atoms with van der Waals surface area (Å²) in [5, 5.41) is 12.3. The molecular weight excluding hydrogens is 654 g/mol. The van der Waals surface area contributed by atoms with Crippen molar-refractivity contribution in [3.8, 4) is 0 Å². The maximum absolute atomic E-state index is 12.7. The lowest BCUT2D eigenvalue weighted by Crippen LogP contribution is -2.67. The van der Waals surface area contributed by atoms with Gasteiger partial charge < -0.3 is 24.2 Å². The van der Waals surface area contributed by atoms with Gasteiger partial charge in [-0.15, -0.1) is 4.28 Å². The molecule has 49 heavy (non-hydrogen) atoms. The summed E-state index contributed by atoms with van der Waals surface area (Å²) in [6.07, 6.45) is 12.3. The van der Waals surface area contributed by atoms with Crippen LogP contribution in [0.5, 0.6) is 0 Å². The Kier molecular flexibility index (Phi) is 17.0. The highest BCUT2D eigenvalue weighted by Gasteiger charge is 2.51. The average molecular weight is 720 g/mol. The van der Waals surface area contributed by atoms with Crippen molar-refractivity contribution < 1.29 is 46.1 Å². The maximum Gasteiger partial charge on any atom is 0.418 e. The molecular formula is C34H65N5O9S. The van der Waals surface area contributed by atoms with Crippen LogP contribution in [0.3, 0.4) is 0 Å². The Balaban J connectivity index is 0.000000417. The van der Waals surface area contributed by atoms with Crippen molar-refractivity contribution in [1.82, 2.24) is 20.3 Å². The van der Waals surface area contributed by atoms with E-state index in [4.69, 9.17) is 9.39 Å². The first-order chi connectivity index (χ1) is 23.0. The largest absolute Gasteiger partial charge is 0.530 e. The van der Waals surface area contributed by atoms with Gasteiger partial charge in [-0.25, -0.2) is 10.3 Å². The number of urea groups is 1. The minimum atomic E-state index is -4.88. The molecule has 4 amide bonds. The molecule has 15 heteroatoms. The first kappa shape index (κ1) is 43.0. The number of hydrogen-bond acceptors (Lipinski definition) is 8. The lowest BCUT2D eigenvalue weighted by molar-refractivity contribution is -0.929. The molecule has 1 unspecified atom stereocenters. The van der Waals surface area contributed by atoms with Crippen LogP contribution in [-0.4, -0.2) is 114 Å². The smallest absolute Gasteiger partial charge is 0.418 e. The van der Waals surface area contributed by atoms with E-state index in [0.29, 0.717) is 24.4 Å². The fraction of sp³-hybridized carbons (Fsp3) is 0.912. The molecule has 3 atom stereocenters. The SMILES string of the molecule is CC(C)(C)C1(CONC(=O)[C@@H]2CC[C@@H]3CN2C(=O)N3OS(=O)(=O)O)CCCCN1C(=O)[O-].CCCC[N+](CCCC)(CCCC)CCCC. The molecule has 3 aliphatic heterocycles. The van der Waals surface area contributed by atoms with Gasteiger partial charge in [-0.05, 0) is 63.2 Å². The number of carbonyl (C=O) groups excluding carboxylic acids is 3. The number of amides is 4. The predicted octanol–water partition coefficient (Wildman–Crippen LogP) is 4.65. The molecule has 0 spiro atoms. The fourth-order valence-corrected chi connectivity index (χ4v) is 7.88. The lowest BCUT2D eigenvalue weighted by atomic mass is 9.68. The van der Waals surface area contributed by atoms with E-state index in [1.165, 1.54) is 86.9 Å². The third-order valence-corrected chi connectivity index (χ3v) is 10.9. The van der Waals surface area contributed by atoms with Crippen molar-refractivity contribution in [3.63, 3.8) is 0 Å². The van der Waals surface area contributed by atoms with Crippen LogP contribution < -0.4 is 10.6 Å². The minimum Gasteiger partial charge on any atom is -0.530 e. The summed E-state index contributed by atoms with van der Waals surface area (Å²) in [6.45, 7) is 21.0. The zero-order valence-electron chi connectivity index (χ0n) is 31.2. The van der Waals surface area contributed by atoms with Gasteiger partial charge >= 0.3 is 16.4 Å². The van der Waals surface area contributed by atoms with Gasteiger partial charge in [0.15, 0.2) is 0 Å². The van der Waals surface area contributed by atoms with Crippen molar-refractivity contribution >= 4 is 28.4 Å². The number of carboxylic acid groups (broad SMARTS) is 1. The molecule has 286 valence electrons. The molecule has 3 rings (SSSR count). The van der Waals surface area contributed by atoms with Gasteiger partial charge in [-0.2, -0.15) is 13.5 Å². The highest BCUT2D eigenvalue weighted by atomic mass is 32.3. The number of nitrogens with zero attached hydrogens (tertiary/aromatic N) is 4. The second-order valence-electron chi connectivity index (χ2n) is 15.1. The number of hydroxylamine groups is 3. The van der Waals surface area contributed by atoms with Crippen molar-refractivity contribution in [1.29, 1.82) is 0 Å². The van der Waals surface area contributed by atoms with Crippen LogP contribution in [0, 0.1) is 5.41 Å². The molecule has 0 aromatic carbocycles. The van der Waals surface area contributed by atoms with Crippen LogP contribution in [0.25, 0.3) is 0 Å². The van der Waals surface area contributed by atoms with Gasteiger partial charge in [0.1, 0.15) is 12.1 Å². The molecule has 2 N–H and O–H groups in total. The molecule has 0 saturated carbocycles. The zero-order chi connectivity index (χ0) is 36.9. The van der Waals surface area contributed by atoms with Crippen molar-refractivity contribution in [3.05, 3.63) is 0 Å². The van der Waals surface area contributed by atoms with Gasteiger partial charge in [-0.1, -0.05) is 74.1 Å². The molecule has 3 aliphatic rings. The predicted molar refractivity (Wildman–Crippen MR) is 185 cm³/mol.